The van der Waals surface area contributed by atoms with Crippen LogP contribution in [-0.2, 0) is 11.3 Å². The van der Waals surface area contributed by atoms with Gasteiger partial charge in [0.1, 0.15) is 0 Å². The van der Waals surface area contributed by atoms with E-state index in [4.69, 9.17) is 0 Å². The maximum Gasteiger partial charge on any atom is 0.223 e. The second kappa shape index (κ2) is 7.94. The highest BCUT2D eigenvalue weighted by atomic mass is 16.2. The van der Waals surface area contributed by atoms with Crippen LogP contribution in [0.3, 0.4) is 0 Å². The van der Waals surface area contributed by atoms with Crippen LogP contribution in [0.5, 0.6) is 0 Å². The lowest BCUT2D eigenvalue weighted by Crippen LogP contribution is -2.32. The molecule has 0 aliphatic rings. The van der Waals surface area contributed by atoms with E-state index in [1.165, 1.54) is 0 Å². The minimum atomic E-state index is 0.217. The predicted molar refractivity (Wildman–Crippen MR) is 76.9 cm³/mol. The highest BCUT2D eigenvalue weighted by molar-refractivity contribution is 5.76. The Kier molecular flexibility index (Phi) is 6.56. The van der Waals surface area contributed by atoms with Gasteiger partial charge in [-0.15, -0.1) is 0 Å². The van der Waals surface area contributed by atoms with E-state index >= 15 is 0 Å². The van der Waals surface area contributed by atoms with Crippen molar-refractivity contribution in [3.8, 4) is 0 Å². The van der Waals surface area contributed by atoms with E-state index in [0.29, 0.717) is 19.0 Å². The molecule has 1 heterocycles. The minimum Gasteiger partial charge on any atom is -0.343 e. The summed E-state index contributed by atoms with van der Waals surface area (Å²) in [6.07, 6.45) is 4.28. The van der Waals surface area contributed by atoms with E-state index in [-0.39, 0.29) is 5.91 Å². The molecule has 0 spiro atoms. The predicted octanol–water partition coefficient (Wildman–Crippen LogP) is 1.81. The van der Waals surface area contributed by atoms with Crippen molar-refractivity contribution in [2.45, 2.75) is 46.7 Å². The Morgan fingerprint density at radius 2 is 2.11 bits per heavy atom. The monoisotopic (exact) mass is 266 g/mol. The van der Waals surface area contributed by atoms with Gasteiger partial charge in [0.15, 0.2) is 0 Å². The molecular weight excluding hydrogens is 240 g/mol. The van der Waals surface area contributed by atoms with Crippen molar-refractivity contribution < 1.29 is 4.79 Å². The second-order valence-electron chi connectivity index (χ2n) is 4.88. The summed E-state index contributed by atoms with van der Waals surface area (Å²) in [4.78, 5) is 17.8. The van der Waals surface area contributed by atoms with Crippen LogP contribution in [0, 0.1) is 0 Å². The van der Waals surface area contributed by atoms with Crippen LogP contribution in [0.2, 0.25) is 0 Å². The van der Waals surface area contributed by atoms with Gasteiger partial charge in [-0.2, -0.15) is 0 Å². The van der Waals surface area contributed by atoms with Gasteiger partial charge in [-0.05, 0) is 27.7 Å². The number of carbonyl (C=O) groups is 1. The molecule has 0 aliphatic carbocycles. The van der Waals surface area contributed by atoms with Crippen molar-refractivity contribution in [3.05, 3.63) is 18.2 Å². The maximum absolute atomic E-state index is 11.8. The minimum absolute atomic E-state index is 0.217. The van der Waals surface area contributed by atoms with Gasteiger partial charge in [-0.1, -0.05) is 0 Å². The van der Waals surface area contributed by atoms with E-state index < -0.39 is 0 Å². The third kappa shape index (κ3) is 4.67. The van der Waals surface area contributed by atoms with Crippen molar-refractivity contribution in [3.63, 3.8) is 0 Å². The van der Waals surface area contributed by atoms with Gasteiger partial charge in [-0.3, -0.25) is 4.79 Å². The molecule has 19 heavy (non-hydrogen) atoms. The van der Waals surface area contributed by atoms with Crippen LogP contribution in [0.25, 0.3) is 0 Å². The summed E-state index contributed by atoms with van der Waals surface area (Å²) < 4.78 is 2.14. The Morgan fingerprint density at radius 1 is 1.42 bits per heavy atom. The van der Waals surface area contributed by atoms with Crippen molar-refractivity contribution in [1.82, 2.24) is 19.8 Å². The first-order chi connectivity index (χ1) is 9.10. The summed E-state index contributed by atoms with van der Waals surface area (Å²) in [5, 5.41) is 3.31. The number of nitrogens with zero attached hydrogens (tertiary/aromatic N) is 3. The summed E-state index contributed by atoms with van der Waals surface area (Å²) in [6, 6.07) is 0.414. The first-order valence-electron chi connectivity index (χ1n) is 7.09. The lowest BCUT2D eigenvalue weighted by molar-refractivity contribution is -0.130. The van der Waals surface area contributed by atoms with Crippen LogP contribution in [0.4, 0.5) is 0 Å². The maximum atomic E-state index is 11.8. The third-order valence-electron chi connectivity index (χ3n) is 3.24. The van der Waals surface area contributed by atoms with E-state index in [1.54, 1.807) is 0 Å². The Morgan fingerprint density at radius 3 is 2.68 bits per heavy atom. The van der Waals surface area contributed by atoms with Gasteiger partial charge < -0.3 is 14.8 Å². The molecule has 0 radical (unpaired) electrons. The zero-order valence-corrected chi connectivity index (χ0v) is 12.5. The quantitative estimate of drug-likeness (QED) is 0.730. The average molecular weight is 266 g/mol. The molecule has 1 aromatic heterocycles. The number of carbonyl (C=O) groups excluding carboxylic acids is 1. The van der Waals surface area contributed by atoms with Gasteiger partial charge in [0.2, 0.25) is 5.91 Å². The zero-order chi connectivity index (χ0) is 14.3. The van der Waals surface area contributed by atoms with Crippen LogP contribution in [0.1, 0.15) is 45.9 Å². The highest BCUT2D eigenvalue weighted by Gasteiger charge is 2.09. The fourth-order valence-corrected chi connectivity index (χ4v) is 2.08. The van der Waals surface area contributed by atoms with E-state index in [0.717, 1.165) is 25.3 Å². The van der Waals surface area contributed by atoms with Gasteiger partial charge in [0.05, 0.1) is 12.0 Å². The van der Waals surface area contributed by atoms with Gasteiger partial charge in [-0.25, -0.2) is 4.98 Å². The molecule has 1 rings (SSSR count). The van der Waals surface area contributed by atoms with Gasteiger partial charge >= 0.3 is 0 Å². The Bertz CT molecular complexity index is 383. The lowest BCUT2D eigenvalue weighted by atomic mass is 10.3. The summed E-state index contributed by atoms with van der Waals surface area (Å²) in [5.41, 5.74) is 1.16. The molecule has 0 aliphatic heterocycles. The summed E-state index contributed by atoms with van der Waals surface area (Å²) in [7, 11) is 0. The molecular formula is C14H26N4O. The number of amides is 1. The molecule has 5 nitrogen and oxygen atoms in total. The Hall–Kier alpha value is -1.36. The lowest BCUT2D eigenvalue weighted by Gasteiger charge is -2.18. The summed E-state index contributed by atoms with van der Waals surface area (Å²) in [5.74, 6) is 0.217. The number of aromatic nitrogens is 2. The van der Waals surface area contributed by atoms with E-state index in [1.807, 2.05) is 31.3 Å². The second-order valence-corrected chi connectivity index (χ2v) is 4.88. The highest BCUT2D eigenvalue weighted by Crippen LogP contribution is 2.08. The van der Waals surface area contributed by atoms with Gasteiger partial charge in [0.25, 0.3) is 0 Å². The molecule has 0 saturated carbocycles. The molecule has 1 N–H and O–H groups in total. The average Bonchev–Trinajstić information content (AvgIpc) is 2.84. The van der Waals surface area contributed by atoms with Crippen molar-refractivity contribution in [1.29, 1.82) is 0 Å². The Balaban J connectivity index is 2.31. The normalized spacial score (nSPS) is 11.0. The van der Waals surface area contributed by atoms with Crippen LogP contribution in [0.15, 0.2) is 12.5 Å². The van der Waals surface area contributed by atoms with Crippen LogP contribution in [-0.4, -0.2) is 40.0 Å². The van der Waals surface area contributed by atoms with Crippen molar-refractivity contribution in [2.75, 3.05) is 19.6 Å². The molecule has 0 atom stereocenters. The first kappa shape index (κ1) is 15.7. The molecule has 108 valence electrons. The number of rotatable bonds is 8. The summed E-state index contributed by atoms with van der Waals surface area (Å²) in [6.45, 7) is 11.3. The van der Waals surface area contributed by atoms with Crippen molar-refractivity contribution in [2.24, 2.45) is 0 Å². The Labute approximate surface area is 116 Å². The fourth-order valence-electron chi connectivity index (χ4n) is 2.08. The number of nitrogens with one attached hydrogen (secondary N) is 1. The molecule has 0 fully saturated rings. The molecule has 0 bridgehead atoms. The van der Waals surface area contributed by atoms with Crippen LogP contribution < -0.4 is 5.32 Å². The molecule has 0 saturated heterocycles. The molecule has 5 heteroatoms. The fraction of sp³-hybridized carbons (Fsp3) is 0.714. The number of imidazole rings is 1. The molecule has 1 amide bonds. The first-order valence-corrected chi connectivity index (χ1v) is 7.09. The number of hydrogen-bond donors (Lipinski definition) is 1. The molecule has 0 unspecified atom stereocenters. The zero-order valence-electron chi connectivity index (χ0n) is 12.5. The molecule has 0 aromatic carbocycles. The number of hydrogen-bond acceptors (Lipinski definition) is 3. The van der Waals surface area contributed by atoms with E-state index in [9.17, 15) is 4.79 Å². The van der Waals surface area contributed by atoms with Gasteiger partial charge in [0, 0.05) is 44.8 Å². The standard InChI is InChI=1S/C14H26N4O/c1-5-17(6-2)14(19)7-8-15-9-13-10-16-11-18(13)12(3)4/h10-12,15H,5-9H2,1-4H3. The topological polar surface area (TPSA) is 50.2 Å². The van der Waals surface area contributed by atoms with Crippen LogP contribution >= 0.6 is 0 Å². The SMILES string of the molecule is CCN(CC)C(=O)CCNCc1cncn1C(C)C. The summed E-state index contributed by atoms with van der Waals surface area (Å²) >= 11 is 0. The largest absolute Gasteiger partial charge is 0.343 e. The van der Waals surface area contributed by atoms with E-state index in [2.05, 4.69) is 28.7 Å². The van der Waals surface area contributed by atoms with Crippen molar-refractivity contribution >= 4 is 5.91 Å². The smallest absolute Gasteiger partial charge is 0.223 e. The third-order valence-corrected chi connectivity index (χ3v) is 3.24. The molecule has 1 aromatic rings.